The first-order valence-corrected chi connectivity index (χ1v) is 6.26. The fraction of sp³-hybridized carbons (Fsp3) is 0.267. The van der Waals surface area contributed by atoms with Crippen LogP contribution in [0, 0.1) is 0 Å². The van der Waals surface area contributed by atoms with E-state index in [0.29, 0.717) is 6.54 Å². The minimum Gasteiger partial charge on any atom is -0.467 e. The maximum Gasteiger partial charge on any atom is 0.240 e. The number of nitrogens with zero attached hydrogens (tertiary/aromatic N) is 1. The molecule has 0 aliphatic heterocycles. The van der Waals surface area contributed by atoms with Crippen molar-refractivity contribution in [1.29, 1.82) is 0 Å². The van der Waals surface area contributed by atoms with Crippen molar-refractivity contribution < 1.29 is 9.21 Å². The van der Waals surface area contributed by atoms with Crippen LogP contribution in [0.2, 0.25) is 0 Å². The van der Waals surface area contributed by atoms with Crippen LogP contribution in [-0.4, -0.2) is 19.5 Å². The van der Waals surface area contributed by atoms with Gasteiger partial charge in [0.25, 0.3) is 0 Å². The first-order chi connectivity index (χ1) is 9.16. The number of amides is 1. The van der Waals surface area contributed by atoms with Gasteiger partial charge in [0.2, 0.25) is 5.91 Å². The van der Waals surface area contributed by atoms with E-state index in [9.17, 15) is 4.79 Å². The molecule has 0 bridgehead atoms. The third-order valence-corrected chi connectivity index (χ3v) is 2.93. The molecule has 1 unspecified atom stereocenters. The van der Waals surface area contributed by atoms with Crippen LogP contribution in [0.4, 0.5) is 5.69 Å². The summed E-state index contributed by atoms with van der Waals surface area (Å²) in [5.41, 5.74) is 1.02. The van der Waals surface area contributed by atoms with Crippen LogP contribution in [0.25, 0.3) is 0 Å². The standard InChI is InChI=1S/C15H18N2O2/c1-12(14-9-6-10-19-14)16-15(18)11-17(2)13-7-4-3-5-8-13/h3-10,12H,11H2,1-2H3,(H,16,18). The van der Waals surface area contributed by atoms with Crippen molar-refractivity contribution in [1.82, 2.24) is 5.32 Å². The average molecular weight is 258 g/mol. The van der Waals surface area contributed by atoms with Crippen LogP contribution < -0.4 is 10.2 Å². The monoisotopic (exact) mass is 258 g/mol. The van der Waals surface area contributed by atoms with E-state index in [4.69, 9.17) is 4.42 Å². The van der Waals surface area contributed by atoms with Gasteiger partial charge in [-0.1, -0.05) is 18.2 Å². The molecule has 0 aliphatic rings. The van der Waals surface area contributed by atoms with Crippen molar-refractivity contribution in [2.24, 2.45) is 0 Å². The average Bonchev–Trinajstić information content (AvgIpc) is 2.93. The Morgan fingerprint density at radius 3 is 2.63 bits per heavy atom. The smallest absolute Gasteiger partial charge is 0.240 e. The van der Waals surface area contributed by atoms with E-state index in [1.165, 1.54) is 0 Å². The molecule has 1 aromatic heterocycles. The number of carbonyl (C=O) groups excluding carboxylic acids is 1. The molecule has 4 nitrogen and oxygen atoms in total. The number of para-hydroxylation sites is 1. The number of benzene rings is 1. The summed E-state index contributed by atoms with van der Waals surface area (Å²) in [5.74, 6) is 0.728. The summed E-state index contributed by atoms with van der Waals surface area (Å²) in [6, 6.07) is 13.4. The van der Waals surface area contributed by atoms with E-state index >= 15 is 0 Å². The summed E-state index contributed by atoms with van der Waals surface area (Å²) in [5, 5.41) is 2.91. The van der Waals surface area contributed by atoms with Crippen molar-refractivity contribution in [2.75, 3.05) is 18.5 Å². The first-order valence-electron chi connectivity index (χ1n) is 6.26. The third-order valence-electron chi connectivity index (χ3n) is 2.93. The number of furan rings is 1. The van der Waals surface area contributed by atoms with Crippen molar-refractivity contribution in [3.05, 3.63) is 54.5 Å². The molecule has 1 amide bonds. The van der Waals surface area contributed by atoms with Crippen LogP contribution >= 0.6 is 0 Å². The minimum absolute atomic E-state index is 0.0322. The lowest BCUT2D eigenvalue weighted by molar-refractivity contribution is -0.120. The van der Waals surface area contributed by atoms with E-state index in [-0.39, 0.29) is 11.9 Å². The van der Waals surface area contributed by atoms with Gasteiger partial charge in [-0.2, -0.15) is 0 Å². The molecule has 1 atom stereocenters. The Balaban J connectivity index is 1.88. The number of hydrogen-bond donors (Lipinski definition) is 1. The van der Waals surface area contributed by atoms with Crippen LogP contribution in [0.1, 0.15) is 18.7 Å². The molecule has 0 radical (unpaired) electrons. The molecule has 0 aliphatic carbocycles. The topological polar surface area (TPSA) is 45.5 Å². The molecule has 0 fully saturated rings. The molecule has 100 valence electrons. The minimum atomic E-state index is -0.119. The number of hydrogen-bond acceptors (Lipinski definition) is 3. The highest BCUT2D eigenvalue weighted by Crippen LogP contribution is 2.13. The normalized spacial score (nSPS) is 11.9. The molecule has 4 heteroatoms. The maximum absolute atomic E-state index is 11.9. The predicted molar refractivity (Wildman–Crippen MR) is 75.0 cm³/mol. The Hall–Kier alpha value is -2.23. The summed E-state index contributed by atoms with van der Waals surface area (Å²) < 4.78 is 5.26. The molecule has 19 heavy (non-hydrogen) atoms. The van der Waals surface area contributed by atoms with E-state index in [0.717, 1.165) is 11.4 Å². The number of carbonyl (C=O) groups is 1. The van der Waals surface area contributed by atoms with Gasteiger partial charge in [0.1, 0.15) is 5.76 Å². The number of likely N-dealkylation sites (N-methyl/N-ethyl adjacent to an activating group) is 1. The predicted octanol–water partition coefficient (Wildman–Crippen LogP) is 2.59. The largest absolute Gasteiger partial charge is 0.467 e. The second-order valence-electron chi connectivity index (χ2n) is 4.50. The Labute approximate surface area is 113 Å². The molecular weight excluding hydrogens is 240 g/mol. The zero-order valence-corrected chi connectivity index (χ0v) is 11.2. The van der Waals surface area contributed by atoms with Crippen LogP contribution in [0.15, 0.2) is 53.1 Å². The van der Waals surface area contributed by atoms with E-state index in [1.54, 1.807) is 6.26 Å². The highest BCUT2D eigenvalue weighted by atomic mass is 16.3. The molecule has 0 spiro atoms. The molecule has 1 heterocycles. The highest BCUT2D eigenvalue weighted by molar-refractivity contribution is 5.81. The Bertz CT molecular complexity index is 508. The quantitative estimate of drug-likeness (QED) is 0.896. The van der Waals surface area contributed by atoms with Gasteiger partial charge in [0.05, 0.1) is 18.8 Å². The molecule has 0 saturated heterocycles. The summed E-state index contributed by atoms with van der Waals surface area (Å²) in [6.45, 7) is 2.22. The van der Waals surface area contributed by atoms with Gasteiger partial charge in [-0.3, -0.25) is 4.79 Å². The fourth-order valence-electron chi connectivity index (χ4n) is 1.89. The lowest BCUT2D eigenvalue weighted by Gasteiger charge is -2.20. The number of rotatable bonds is 5. The SMILES string of the molecule is CC(NC(=O)CN(C)c1ccccc1)c1ccco1. The molecule has 1 aromatic carbocycles. The summed E-state index contributed by atoms with van der Waals surface area (Å²) in [7, 11) is 1.90. The van der Waals surface area contributed by atoms with Gasteiger partial charge < -0.3 is 14.6 Å². The van der Waals surface area contributed by atoms with E-state index in [2.05, 4.69) is 5.32 Å². The molecule has 0 saturated carbocycles. The van der Waals surface area contributed by atoms with E-state index in [1.807, 2.05) is 61.3 Å². The van der Waals surface area contributed by atoms with Crippen molar-refractivity contribution in [3.8, 4) is 0 Å². The zero-order valence-electron chi connectivity index (χ0n) is 11.2. The van der Waals surface area contributed by atoms with Gasteiger partial charge in [-0.05, 0) is 31.2 Å². The number of nitrogens with one attached hydrogen (secondary N) is 1. The van der Waals surface area contributed by atoms with Gasteiger partial charge in [-0.25, -0.2) is 0 Å². The molecule has 1 N–H and O–H groups in total. The van der Waals surface area contributed by atoms with Crippen LogP contribution in [-0.2, 0) is 4.79 Å². The van der Waals surface area contributed by atoms with E-state index < -0.39 is 0 Å². The van der Waals surface area contributed by atoms with Gasteiger partial charge in [0, 0.05) is 12.7 Å². The van der Waals surface area contributed by atoms with Crippen molar-refractivity contribution in [2.45, 2.75) is 13.0 Å². The molecule has 2 aromatic rings. The Morgan fingerprint density at radius 2 is 2.00 bits per heavy atom. The lowest BCUT2D eigenvalue weighted by atomic mass is 10.2. The maximum atomic E-state index is 11.9. The summed E-state index contributed by atoms with van der Waals surface area (Å²) >= 11 is 0. The third kappa shape index (κ3) is 3.61. The zero-order chi connectivity index (χ0) is 13.7. The highest BCUT2D eigenvalue weighted by Gasteiger charge is 2.13. The van der Waals surface area contributed by atoms with Crippen molar-refractivity contribution in [3.63, 3.8) is 0 Å². The summed E-state index contributed by atoms with van der Waals surface area (Å²) in [6.07, 6.45) is 1.61. The van der Waals surface area contributed by atoms with Gasteiger partial charge in [-0.15, -0.1) is 0 Å². The van der Waals surface area contributed by atoms with Gasteiger partial charge >= 0.3 is 0 Å². The van der Waals surface area contributed by atoms with Crippen molar-refractivity contribution >= 4 is 11.6 Å². The number of anilines is 1. The van der Waals surface area contributed by atoms with Crippen LogP contribution in [0.5, 0.6) is 0 Å². The Kier molecular flexibility index (Phi) is 4.23. The Morgan fingerprint density at radius 1 is 1.26 bits per heavy atom. The summed E-state index contributed by atoms with van der Waals surface area (Å²) in [4.78, 5) is 13.8. The molecular formula is C15H18N2O2. The molecule has 2 rings (SSSR count). The fourth-order valence-corrected chi connectivity index (χ4v) is 1.89. The van der Waals surface area contributed by atoms with Gasteiger partial charge in [0.15, 0.2) is 0 Å². The second kappa shape index (κ2) is 6.09. The van der Waals surface area contributed by atoms with Crippen LogP contribution in [0.3, 0.4) is 0 Å². The lowest BCUT2D eigenvalue weighted by Crippen LogP contribution is -2.36. The second-order valence-corrected chi connectivity index (χ2v) is 4.50. The first kappa shape index (κ1) is 13.2.